The van der Waals surface area contributed by atoms with Gasteiger partial charge in [-0.25, -0.2) is 0 Å². The minimum absolute atomic E-state index is 0.475. The number of rotatable bonds is 4. The Morgan fingerprint density at radius 3 is 2.31 bits per heavy atom. The molecule has 1 aromatic carbocycles. The van der Waals surface area contributed by atoms with E-state index in [0.29, 0.717) is 23.1 Å². The number of benzene rings is 1. The van der Waals surface area contributed by atoms with Gasteiger partial charge in [0.25, 0.3) is 0 Å². The van der Waals surface area contributed by atoms with Crippen molar-refractivity contribution < 1.29 is 18.3 Å². The summed E-state index contributed by atoms with van der Waals surface area (Å²) >= 11 is 4.74. The number of allylic oxidation sites excluding steroid dienone is 1. The average molecular weight is 249 g/mol. The number of methoxy groups -OCH3 is 2. The molecule has 0 bridgehead atoms. The molecule has 0 aliphatic carbocycles. The van der Waals surface area contributed by atoms with Crippen molar-refractivity contribution >= 4 is 17.7 Å². The van der Waals surface area contributed by atoms with E-state index in [9.17, 15) is 8.78 Å². The zero-order valence-corrected chi connectivity index (χ0v) is 9.59. The van der Waals surface area contributed by atoms with Gasteiger partial charge in [0.15, 0.2) is 11.5 Å². The predicted molar refractivity (Wildman–Crippen MR) is 59.4 cm³/mol. The van der Waals surface area contributed by atoms with Crippen molar-refractivity contribution in [1.82, 2.24) is 0 Å². The third-order valence-corrected chi connectivity index (χ3v) is 2.00. The van der Waals surface area contributed by atoms with E-state index in [4.69, 9.17) is 21.1 Å². The molecule has 0 spiro atoms. The fourth-order valence-corrected chi connectivity index (χ4v) is 1.21. The fraction of sp³-hybridized carbons (Fsp3) is 0.273. The van der Waals surface area contributed by atoms with E-state index in [-0.39, 0.29) is 0 Å². The highest BCUT2D eigenvalue weighted by Gasteiger charge is 2.19. The minimum atomic E-state index is -3.34. The van der Waals surface area contributed by atoms with Crippen LogP contribution >= 0.6 is 11.6 Å². The van der Waals surface area contributed by atoms with Crippen LogP contribution in [0.15, 0.2) is 24.3 Å². The van der Waals surface area contributed by atoms with Gasteiger partial charge in [-0.1, -0.05) is 12.1 Å². The smallest absolute Gasteiger partial charge is 0.341 e. The molecular weight excluding hydrogens is 238 g/mol. The molecule has 5 heteroatoms. The Labute approximate surface area is 97.4 Å². The SMILES string of the molecule is COc1ccc(C=CC(F)(F)Cl)cc1OC. The molecule has 0 heterocycles. The van der Waals surface area contributed by atoms with E-state index < -0.39 is 5.38 Å². The van der Waals surface area contributed by atoms with Crippen molar-refractivity contribution in [3.8, 4) is 11.5 Å². The standard InChI is InChI=1S/C11H11ClF2O2/c1-15-9-4-3-8(7-10(9)16-2)5-6-11(12,13)14/h3-7H,1-2H3. The summed E-state index contributed by atoms with van der Waals surface area (Å²) in [5.41, 5.74) is 0.554. The van der Waals surface area contributed by atoms with Crippen molar-refractivity contribution in [2.45, 2.75) is 5.38 Å². The second-order valence-corrected chi connectivity index (χ2v) is 3.49. The molecule has 0 aliphatic heterocycles. The number of hydrogen-bond donors (Lipinski definition) is 0. The molecule has 16 heavy (non-hydrogen) atoms. The van der Waals surface area contributed by atoms with Crippen molar-refractivity contribution in [2.24, 2.45) is 0 Å². The lowest BCUT2D eigenvalue weighted by atomic mass is 10.2. The quantitative estimate of drug-likeness (QED) is 0.759. The molecule has 0 unspecified atom stereocenters. The van der Waals surface area contributed by atoms with Crippen LogP contribution in [0.2, 0.25) is 0 Å². The molecule has 0 saturated carbocycles. The molecule has 0 radical (unpaired) electrons. The maximum atomic E-state index is 12.4. The Kier molecular flexibility index (Phi) is 4.12. The first-order valence-corrected chi connectivity index (χ1v) is 4.82. The maximum Gasteiger partial charge on any atom is 0.341 e. The highest BCUT2D eigenvalue weighted by atomic mass is 35.5. The largest absolute Gasteiger partial charge is 0.493 e. The van der Waals surface area contributed by atoms with Crippen LogP contribution in [0.25, 0.3) is 6.08 Å². The van der Waals surface area contributed by atoms with E-state index in [1.807, 2.05) is 0 Å². The van der Waals surface area contributed by atoms with Gasteiger partial charge in [-0.05, 0) is 29.3 Å². The van der Waals surface area contributed by atoms with Crippen LogP contribution < -0.4 is 9.47 Å². The van der Waals surface area contributed by atoms with Crippen LogP contribution in [0.4, 0.5) is 8.78 Å². The van der Waals surface area contributed by atoms with E-state index in [1.54, 1.807) is 18.2 Å². The number of ether oxygens (including phenoxy) is 2. The molecule has 1 rings (SSSR count). The van der Waals surface area contributed by atoms with Gasteiger partial charge in [-0.3, -0.25) is 0 Å². The summed E-state index contributed by atoms with van der Waals surface area (Å²) in [6.07, 6.45) is 1.82. The molecule has 0 aliphatic rings. The van der Waals surface area contributed by atoms with E-state index in [0.717, 1.165) is 0 Å². The fourth-order valence-electron chi connectivity index (χ4n) is 1.15. The Bertz CT molecular complexity index is 386. The second kappa shape index (κ2) is 5.16. The number of hydrogen-bond acceptors (Lipinski definition) is 2. The van der Waals surface area contributed by atoms with E-state index in [1.165, 1.54) is 20.3 Å². The minimum Gasteiger partial charge on any atom is -0.493 e. The highest BCUT2D eigenvalue weighted by Crippen LogP contribution is 2.29. The third kappa shape index (κ3) is 3.70. The van der Waals surface area contributed by atoms with Gasteiger partial charge in [0.1, 0.15) is 0 Å². The molecule has 1 aromatic rings. The van der Waals surface area contributed by atoms with Gasteiger partial charge in [-0.2, -0.15) is 8.78 Å². The summed E-state index contributed by atoms with van der Waals surface area (Å²) in [6, 6.07) is 4.84. The first kappa shape index (κ1) is 12.8. The van der Waals surface area contributed by atoms with Crippen LogP contribution in [0.1, 0.15) is 5.56 Å². The third-order valence-electron chi connectivity index (χ3n) is 1.87. The van der Waals surface area contributed by atoms with Crippen molar-refractivity contribution in [1.29, 1.82) is 0 Å². The van der Waals surface area contributed by atoms with Gasteiger partial charge in [0, 0.05) is 6.08 Å². The summed E-state index contributed by atoms with van der Waals surface area (Å²) in [6.45, 7) is 0. The van der Waals surface area contributed by atoms with Gasteiger partial charge >= 0.3 is 5.38 Å². The molecular formula is C11H11ClF2O2. The Morgan fingerprint density at radius 1 is 1.19 bits per heavy atom. The van der Waals surface area contributed by atoms with Crippen LogP contribution in [0.5, 0.6) is 11.5 Å². The lowest BCUT2D eigenvalue weighted by molar-refractivity contribution is 0.154. The number of halogens is 3. The molecule has 0 atom stereocenters. The predicted octanol–water partition coefficient (Wildman–Crippen LogP) is 3.55. The topological polar surface area (TPSA) is 18.5 Å². The molecule has 0 saturated heterocycles. The van der Waals surface area contributed by atoms with Gasteiger partial charge in [-0.15, -0.1) is 0 Å². The van der Waals surface area contributed by atoms with Gasteiger partial charge < -0.3 is 9.47 Å². The van der Waals surface area contributed by atoms with Crippen LogP contribution in [0, 0.1) is 0 Å². The number of alkyl halides is 3. The molecule has 0 N–H and O–H groups in total. The maximum absolute atomic E-state index is 12.4. The first-order chi connectivity index (χ1) is 7.46. The molecule has 0 fully saturated rings. The summed E-state index contributed by atoms with van der Waals surface area (Å²) in [5.74, 6) is 1.01. The molecule has 0 amide bonds. The zero-order chi connectivity index (χ0) is 12.2. The molecule has 0 aromatic heterocycles. The normalized spacial score (nSPS) is 11.8. The summed E-state index contributed by atoms with van der Waals surface area (Å²) in [5, 5.41) is -3.34. The molecule has 88 valence electrons. The Morgan fingerprint density at radius 2 is 1.81 bits per heavy atom. The molecule has 2 nitrogen and oxygen atoms in total. The highest BCUT2D eigenvalue weighted by molar-refractivity contribution is 6.23. The van der Waals surface area contributed by atoms with E-state index >= 15 is 0 Å². The lowest BCUT2D eigenvalue weighted by Gasteiger charge is -2.07. The van der Waals surface area contributed by atoms with Crippen molar-refractivity contribution in [3.05, 3.63) is 29.8 Å². The first-order valence-electron chi connectivity index (χ1n) is 4.44. The van der Waals surface area contributed by atoms with E-state index in [2.05, 4.69) is 0 Å². The second-order valence-electron chi connectivity index (χ2n) is 2.99. The van der Waals surface area contributed by atoms with Crippen molar-refractivity contribution in [3.63, 3.8) is 0 Å². The lowest BCUT2D eigenvalue weighted by Crippen LogP contribution is -1.98. The summed E-state index contributed by atoms with van der Waals surface area (Å²) in [4.78, 5) is 0. The summed E-state index contributed by atoms with van der Waals surface area (Å²) < 4.78 is 34.8. The monoisotopic (exact) mass is 248 g/mol. The Hall–Kier alpha value is -1.29. The summed E-state index contributed by atoms with van der Waals surface area (Å²) in [7, 11) is 2.97. The van der Waals surface area contributed by atoms with Crippen LogP contribution in [0.3, 0.4) is 0 Å². The average Bonchev–Trinajstić information content (AvgIpc) is 2.25. The zero-order valence-electron chi connectivity index (χ0n) is 8.84. The van der Waals surface area contributed by atoms with Gasteiger partial charge in [0.2, 0.25) is 0 Å². The van der Waals surface area contributed by atoms with Crippen LogP contribution in [-0.4, -0.2) is 19.6 Å². The van der Waals surface area contributed by atoms with Crippen molar-refractivity contribution in [2.75, 3.05) is 14.2 Å². The van der Waals surface area contributed by atoms with Crippen LogP contribution in [-0.2, 0) is 0 Å². The Balaban J connectivity index is 2.96. The van der Waals surface area contributed by atoms with Gasteiger partial charge in [0.05, 0.1) is 14.2 Å².